The van der Waals surface area contributed by atoms with Crippen LogP contribution < -0.4 is 9.47 Å². The van der Waals surface area contributed by atoms with Gasteiger partial charge in [-0.1, -0.05) is 0 Å². The Morgan fingerprint density at radius 2 is 1.64 bits per heavy atom. The summed E-state index contributed by atoms with van der Waals surface area (Å²) in [6.07, 6.45) is 5.54. The molecule has 0 saturated carbocycles. The van der Waals surface area contributed by atoms with Crippen molar-refractivity contribution in [3.63, 3.8) is 0 Å². The van der Waals surface area contributed by atoms with Crippen LogP contribution in [-0.4, -0.2) is 34.8 Å². The summed E-state index contributed by atoms with van der Waals surface area (Å²) in [6, 6.07) is 12.7. The molecule has 0 spiro atoms. The normalized spacial score (nSPS) is 10.8. The standard InChI is InChI=1S/C22H19N3O3/c1-25-13-18(12-24-25)17-7-15-6-14(4-5-21(15)23-11-17)22(26)16-8-19(27-2)10-20(9-16)28-3/h4-13H,1-3H3. The number of ketones is 1. The van der Waals surface area contributed by atoms with Gasteiger partial charge in [-0.25, -0.2) is 0 Å². The number of fused-ring (bicyclic) bond motifs is 1. The van der Waals surface area contributed by atoms with Gasteiger partial charge in [-0.05, 0) is 36.4 Å². The molecule has 6 nitrogen and oxygen atoms in total. The van der Waals surface area contributed by atoms with Crippen LogP contribution in [-0.2, 0) is 7.05 Å². The molecule has 4 rings (SSSR count). The van der Waals surface area contributed by atoms with E-state index in [9.17, 15) is 4.79 Å². The van der Waals surface area contributed by atoms with Crippen molar-refractivity contribution in [3.05, 3.63) is 72.2 Å². The molecular weight excluding hydrogens is 354 g/mol. The molecule has 0 bridgehead atoms. The highest BCUT2D eigenvalue weighted by Gasteiger charge is 2.13. The van der Waals surface area contributed by atoms with E-state index in [2.05, 4.69) is 10.1 Å². The van der Waals surface area contributed by atoms with Crippen LogP contribution in [0, 0.1) is 0 Å². The smallest absolute Gasteiger partial charge is 0.193 e. The first-order valence-corrected chi connectivity index (χ1v) is 8.74. The number of aromatic nitrogens is 3. The lowest BCUT2D eigenvalue weighted by Crippen LogP contribution is -2.02. The van der Waals surface area contributed by atoms with Gasteiger partial charge in [-0.2, -0.15) is 5.10 Å². The number of carbonyl (C=O) groups excluding carboxylic acids is 1. The highest BCUT2D eigenvalue weighted by Crippen LogP contribution is 2.27. The van der Waals surface area contributed by atoms with Gasteiger partial charge in [0.25, 0.3) is 0 Å². The Labute approximate surface area is 162 Å². The quantitative estimate of drug-likeness (QED) is 0.497. The molecule has 4 aromatic rings. The van der Waals surface area contributed by atoms with E-state index in [1.807, 2.05) is 37.6 Å². The third-order valence-electron chi connectivity index (χ3n) is 4.60. The number of carbonyl (C=O) groups is 1. The van der Waals surface area contributed by atoms with Gasteiger partial charge in [-0.15, -0.1) is 0 Å². The zero-order chi connectivity index (χ0) is 19.7. The lowest BCUT2D eigenvalue weighted by atomic mass is 10.00. The van der Waals surface area contributed by atoms with Gasteiger partial charge in [0.15, 0.2) is 5.78 Å². The predicted molar refractivity (Wildman–Crippen MR) is 107 cm³/mol. The van der Waals surface area contributed by atoms with Crippen molar-refractivity contribution in [2.45, 2.75) is 0 Å². The molecule has 2 aromatic carbocycles. The molecule has 6 heteroatoms. The van der Waals surface area contributed by atoms with Crippen LogP contribution in [0.2, 0.25) is 0 Å². The molecule has 0 fully saturated rings. The maximum absolute atomic E-state index is 13.0. The number of nitrogens with zero attached hydrogens (tertiary/aromatic N) is 3. The number of hydrogen-bond acceptors (Lipinski definition) is 5. The van der Waals surface area contributed by atoms with E-state index in [0.29, 0.717) is 22.6 Å². The van der Waals surface area contributed by atoms with Crippen molar-refractivity contribution in [1.29, 1.82) is 0 Å². The molecule has 0 atom stereocenters. The minimum atomic E-state index is -0.106. The molecule has 0 unspecified atom stereocenters. The predicted octanol–water partition coefficient (Wildman–Crippen LogP) is 3.88. The molecule has 0 saturated heterocycles. The Hall–Kier alpha value is -3.67. The largest absolute Gasteiger partial charge is 0.497 e. The van der Waals surface area contributed by atoms with Crippen LogP contribution in [0.4, 0.5) is 0 Å². The summed E-state index contributed by atoms with van der Waals surface area (Å²) in [5.74, 6) is 1.04. The fraction of sp³-hybridized carbons (Fsp3) is 0.136. The monoisotopic (exact) mass is 373 g/mol. The van der Waals surface area contributed by atoms with Gasteiger partial charge in [0.2, 0.25) is 0 Å². The first-order chi connectivity index (χ1) is 13.6. The maximum atomic E-state index is 13.0. The third kappa shape index (κ3) is 3.32. The van der Waals surface area contributed by atoms with Gasteiger partial charge in [-0.3, -0.25) is 14.5 Å². The zero-order valence-corrected chi connectivity index (χ0v) is 15.8. The molecule has 0 aliphatic rings. The van der Waals surface area contributed by atoms with Crippen LogP contribution in [0.3, 0.4) is 0 Å². The molecule has 28 heavy (non-hydrogen) atoms. The summed E-state index contributed by atoms with van der Waals surface area (Å²) in [6.45, 7) is 0. The first-order valence-electron chi connectivity index (χ1n) is 8.74. The maximum Gasteiger partial charge on any atom is 0.193 e. The molecule has 0 N–H and O–H groups in total. The Morgan fingerprint density at radius 3 is 2.29 bits per heavy atom. The molecule has 140 valence electrons. The van der Waals surface area contributed by atoms with E-state index in [-0.39, 0.29) is 5.78 Å². The van der Waals surface area contributed by atoms with Crippen LogP contribution in [0.1, 0.15) is 15.9 Å². The highest BCUT2D eigenvalue weighted by molar-refractivity contribution is 6.11. The Kier molecular flexibility index (Phi) is 4.53. The summed E-state index contributed by atoms with van der Waals surface area (Å²) < 4.78 is 12.3. The lowest BCUT2D eigenvalue weighted by molar-refractivity contribution is 0.103. The highest BCUT2D eigenvalue weighted by atomic mass is 16.5. The van der Waals surface area contributed by atoms with Gasteiger partial charge in [0, 0.05) is 53.1 Å². The van der Waals surface area contributed by atoms with Crippen LogP contribution in [0.25, 0.3) is 22.0 Å². The summed E-state index contributed by atoms with van der Waals surface area (Å²) in [5, 5.41) is 5.09. The second-order valence-corrected chi connectivity index (χ2v) is 6.46. The number of ether oxygens (including phenoxy) is 2. The fourth-order valence-electron chi connectivity index (χ4n) is 3.11. The molecule has 0 amide bonds. The minimum Gasteiger partial charge on any atom is -0.497 e. The zero-order valence-electron chi connectivity index (χ0n) is 15.8. The average molecular weight is 373 g/mol. The lowest BCUT2D eigenvalue weighted by Gasteiger charge is -2.09. The second kappa shape index (κ2) is 7.15. The minimum absolute atomic E-state index is 0.106. The topological polar surface area (TPSA) is 66.2 Å². The van der Waals surface area contributed by atoms with E-state index in [1.54, 1.807) is 49.4 Å². The van der Waals surface area contributed by atoms with Crippen LogP contribution in [0.5, 0.6) is 11.5 Å². The van der Waals surface area contributed by atoms with Crippen molar-refractivity contribution in [2.24, 2.45) is 7.05 Å². The van der Waals surface area contributed by atoms with E-state index in [0.717, 1.165) is 22.0 Å². The van der Waals surface area contributed by atoms with E-state index in [1.165, 1.54) is 0 Å². The van der Waals surface area contributed by atoms with Crippen molar-refractivity contribution in [3.8, 4) is 22.6 Å². The second-order valence-electron chi connectivity index (χ2n) is 6.46. The van der Waals surface area contributed by atoms with Crippen LogP contribution >= 0.6 is 0 Å². The van der Waals surface area contributed by atoms with Gasteiger partial charge in [0.1, 0.15) is 11.5 Å². The number of pyridine rings is 1. The van der Waals surface area contributed by atoms with Gasteiger partial charge < -0.3 is 9.47 Å². The third-order valence-corrected chi connectivity index (χ3v) is 4.60. The van der Waals surface area contributed by atoms with Gasteiger partial charge >= 0.3 is 0 Å². The van der Waals surface area contributed by atoms with Crippen molar-refractivity contribution in [1.82, 2.24) is 14.8 Å². The number of hydrogen-bond donors (Lipinski definition) is 0. The first kappa shape index (κ1) is 17.7. The molecule has 0 aliphatic heterocycles. The average Bonchev–Trinajstić information content (AvgIpc) is 3.18. The Morgan fingerprint density at radius 1 is 0.893 bits per heavy atom. The van der Waals surface area contributed by atoms with E-state index >= 15 is 0 Å². The van der Waals surface area contributed by atoms with Gasteiger partial charge in [0.05, 0.1) is 25.9 Å². The summed E-state index contributed by atoms with van der Waals surface area (Å²) in [7, 11) is 4.99. The molecular formula is C22H19N3O3. The van der Waals surface area contributed by atoms with Crippen molar-refractivity contribution in [2.75, 3.05) is 14.2 Å². The number of rotatable bonds is 5. The fourth-order valence-corrected chi connectivity index (χ4v) is 3.11. The number of benzene rings is 2. The molecule has 0 radical (unpaired) electrons. The molecule has 2 aromatic heterocycles. The SMILES string of the molecule is COc1cc(OC)cc(C(=O)c2ccc3ncc(-c4cnn(C)c4)cc3c2)c1. The summed E-state index contributed by atoms with van der Waals surface area (Å²) >= 11 is 0. The summed E-state index contributed by atoms with van der Waals surface area (Å²) in [5.41, 5.74) is 3.84. The van der Waals surface area contributed by atoms with E-state index < -0.39 is 0 Å². The summed E-state index contributed by atoms with van der Waals surface area (Å²) in [4.78, 5) is 17.5. The Bertz CT molecular complexity index is 1160. The Balaban J connectivity index is 1.75. The number of aryl methyl sites for hydroxylation is 1. The van der Waals surface area contributed by atoms with Crippen LogP contribution in [0.15, 0.2) is 61.1 Å². The number of methoxy groups -OCH3 is 2. The molecule has 2 heterocycles. The van der Waals surface area contributed by atoms with Crippen molar-refractivity contribution < 1.29 is 14.3 Å². The van der Waals surface area contributed by atoms with E-state index in [4.69, 9.17) is 9.47 Å². The van der Waals surface area contributed by atoms with Crippen molar-refractivity contribution >= 4 is 16.7 Å². The molecule has 0 aliphatic carbocycles.